The fraction of sp³-hybridized carbons (Fsp3) is 0.286. The zero-order valence-corrected chi connectivity index (χ0v) is 20.1. The minimum Gasteiger partial charge on any atom is -0.497 e. The molecule has 3 aromatic rings. The van der Waals surface area contributed by atoms with E-state index in [1.165, 1.54) is 0 Å². The summed E-state index contributed by atoms with van der Waals surface area (Å²) in [6, 6.07) is 21.1. The maximum Gasteiger partial charge on any atom is 0.250 e. The van der Waals surface area contributed by atoms with Crippen LogP contribution in [0, 0.1) is 0 Å². The van der Waals surface area contributed by atoms with Gasteiger partial charge in [0.2, 0.25) is 5.91 Å². The van der Waals surface area contributed by atoms with Gasteiger partial charge in [-0.15, -0.1) is 0 Å². The van der Waals surface area contributed by atoms with E-state index in [1.807, 2.05) is 79.7 Å². The van der Waals surface area contributed by atoms with E-state index in [1.54, 1.807) is 12.6 Å². The number of hydrogen-bond acceptors (Lipinski definition) is 5. The summed E-state index contributed by atoms with van der Waals surface area (Å²) in [7, 11) is 1.61. The highest BCUT2D eigenvalue weighted by atomic mass is 16.5. The monoisotopic (exact) mass is 476 g/mol. The largest absolute Gasteiger partial charge is 0.497 e. The number of fused-ring (bicyclic) bond motifs is 1. The maximum absolute atomic E-state index is 13.2. The van der Waals surface area contributed by atoms with Gasteiger partial charge in [0.05, 0.1) is 18.7 Å². The molecule has 0 saturated carbocycles. The van der Waals surface area contributed by atoms with E-state index in [4.69, 9.17) is 14.7 Å². The number of methoxy groups -OCH3 is 1. The van der Waals surface area contributed by atoms with Gasteiger partial charge in [-0.2, -0.15) is 0 Å². The van der Waals surface area contributed by atoms with E-state index in [9.17, 15) is 9.59 Å². The number of amides is 2. The van der Waals surface area contributed by atoms with Crippen LogP contribution in [0.2, 0.25) is 0 Å². The molecule has 3 aromatic carbocycles. The van der Waals surface area contributed by atoms with Crippen LogP contribution in [0.3, 0.4) is 0 Å². The number of hydroxylamine groups is 1. The number of unbranched alkanes of at least 4 members (excludes halogenated alkanes) is 2. The Labute approximate surface area is 205 Å². The van der Waals surface area contributed by atoms with Crippen molar-refractivity contribution in [1.82, 2.24) is 10.8 Å². The molecule has 7 nitrogen and oxygen atoms in total. The molecule has 0 bridgehead atoms. The summed E-state index contributed by atoms with van der Waals surface area (Å²) in [5, 5.41) is 13.7. The zero-order valence-electron chi connectivity index (χ0n) is 20.1. The lowest BCUT2D eigenvalue weighted by Crippen LogP contribution is -2.30. The second-order valence-corrected chi connectivity index (χ2v) is 8.24. The lowest BCUT2D eigenvalue weighted by atomic mass is 10.1. The molecule has 184 valence electrons. The van der Waals surface area contributed by atoms with Gasteiger partial charge in [0.15, 0.2) is 0 Å². The Morgan fingerprint density at radius 1 is 1.00 bits per heavy atom. The van der Waals surface area contributed by atoms with E-state index in [0.29, 0.717) is 30.6 Å². The number of allylic oxidation sites excluding steroid dienone is 1. The molecule has 1 atom stereocenters. The molecule has 0 aliphatic carbocycles. The molecule has 0 fully saturated rings. The van der Waals surface area contributed by atoms with Gasteiger partial charge in [-0.25, -0.2) is 5.48 Å². The smallest absolute Gasteiger partial charge is 0.250 e. The molecule has 0 saturated heterocycles. The van der Waals surface area contributed by atoms with Crippen LogP contribution >= 0.6 is 0 Å². The average Bonchev–Trinajstić information content (AvgIpc) is 2.89. The topological polar surface area (TPSA) is 96.9 Å². The van der Waals surface area contributed by atoms with Crippen LogP contribution in [0.1, 0.15) is 44.2 Å². The van der Waals surface area contributed by atoms with Crippen molar-refractivity contribution >= 4 is 22.6 Å². The van der Waals surface area contributed by atoms with E-state index in [-0.39, 0.29) is 25.0 Å². The normalized spacial score (nSPS) is 12.1. The molecule has 7 heteroatoms. The van der Waals surface area contributed by atoms with Crippen LogP contribution in [0.15, 0.2) is 78.4 Å². The van der Waals surface area contributed by atoms with E-state index in [0.717, 1.165) is 22.1 Å². The van der Waals surface area contributed by atoms with Gasteiger partial charge < -0.3 is 14.8 Å². The Morgan fingerprint density at radius 3 is 2.49 bits per heavy atom. The van der Waals surface area contributed by atoms with Crippen LogP contribution in [0.5, 0.6) is 11.5 Å². The Balaban J connectivity index is 1.69. The van der Waals surface area contributed by atoms with Crippen molar-refractivity contribution in [1.29, 1.82) is 0 Å². The first-order valence-corrected chi connectivity index (χ1v) is 11.7. The molecular formula is C28H32N2O5. The summed E-state index contributed by atoms with van der Waals surface area (Å²) in [6.45, 7) is 2.04. The number of nitrogens with one attached hydrogen (secondary N) is 2. The lowest BCUT2D eigenvalue weighted by molar-refractivity contribution is -0.129. The van der Waals surface area contributed by atoms with Crippen molar-refractivity contribution in [2.45, 2.75) is 38.6 Å². The van der Waals surface area contributed by atoms with Gasteiger partial charge in [0.1, 0.15) is 18.1 Å². The van der Waals surface area contributed by atoms with Gasteiger partial charge in [-0.1, -0.05) is 54.6 Å². The third kappa shape index (κ3) is 7.58. The molecule has 0 aliphatic rings. The number of ether oxygens (including phenoxy) is 2. The molecule has 0 radical (unpaired) electrons. The summed E-state index contributed by atoms with van der Waals surface area (Å²) in [6.07, 6.45) is 4.00. The Bertz CT molecular complexity index is 1150. The Morgan fingerprint density at radius 2 is 1.74 bits per heavy atom. The minimum atomic E-state index is -0.417. The summed E-state index contributed by atoms with van der Waals surface area (Å²) >= 11 is 0. The van der Waals surface area contributed by atoms with E-state index >= 15 is 0 Å². The number of benzene rings is 3. The lowest BCUT2D eigenvalue weighted by Gasteiger charge is -2.17. The van der Waals surface area contributed by atoms with Gasteiger partial charge in [0, 0.05) is 11.8 Å². The van der Waals surface area contributed by atoms with Crippen LogP contribution < -0.4 is 20.3 Å². The van der Waals surface area contributed by atoms with Crippen molar-refractivity contribution in [2.24, 2.45) is 0 Å². The van der Waals surface area contributed by atoms with Crippen molar-refractivity contribution in [3.05, 3.63) is 83.9 Å². The third-order valence-electron chi connectivity index (χ3n) is 5.76. The molecule has 1 unspecified atom stereocenters. The fourth-order valence-electron chi connectivity index (χ4n) is 3.72. The average molecular weight is 477 g/mol. The van der Waals surface area contributed by atoms with Gasteiger partial charge in [-0.3, -0.25) is 14.8 Å². The number of hydrogen-bond donors (Lipinski definition) is 3. The molecule has 2 amide bonds. The maximum atomic E-state index is 13.2. The highest BCUT2D eigenvalue weighted by Gasteiger charge is 2.15. The van der Waals surface area contributed by atoms with Crippen molar-refractivity contribution in [3.63, 3.8) is 0 Å². The van der Waals surface area contributed by atoms with Crippen molar-refractivity contribution in [2.75, 3.05) is 13.7 Å². The summed E-state index contributed by atoms with van der Waals surface area (Å²) in [5.41, 5.74) is 3.11. The van der Waals surface area contributed by atoms with Crippen LogP contribution in [-0.2, 0) is 9.59 Å². The second-order valence-electron chi connectivity index (χ2n) is 8.24. The first kappa shape index (κ1) is 25.8. The minimum absolute atomic E-state index is 0.117. The Hall–Kier alpha value is -3.84. The van der Waals surface area contributed by atoms with Crippen LogP contribution in [0.4, 0.5) is 0 Å². The molecule has 3 rings (SSSR count). The van der Waals surface area contributed by atoms with Crippen molar-refractivity contribution < 1.29 is 24.3 Å². The SMILES string of the molecule is COc1ccc(C(C)NC(=O)/C(=C/CCCCC(=O)NO)COc2cccc3ccccc23)cc1. The first-order chi connectivity index (χ1) is 17.0. The number of carbonyl (C=O) groups is 2. The summed E-state index contributed by atoms with van der Waals surface area (Å²) in [5.74, 6) is 0.844. The fourth-order valence-corrected chi connectivity index (χ4v) is 3.72. The molecule has 0 aromatic heterocycles. The Kier molecular flexibility index (Phi) is 9.69. The van der Waals surface area contributed by atoms with E-state index < -0.39 is 5.91 Å². The van der Waals surface area contributed by atoms with Crippen molar-refractivity contribution in [3.8, 4) is 11.5 Å². The third-order valence-corrected chi connectivity index (χ3v) is 5.76. The zero-order chi connectivity index (χ0) is 25.0. The predicted octanol–water partition coefficient (Wildman–Crippen LogP) is 5.10. The van der Waals surface area contributed by atoms with Crippen LogP contribution in [-0.4, -0.2) is 30.7 Å². The molecule has 0 spiro atoms. The predicted molar refractivity (Wildman–Crippen MR) is 135 cm³/mol. The van der Waals surface area contributed by atoms with Gasteiger partial charge >= 0.3 is 0 Å². The summed E-state index contributed by atoms with van der Waals surface area (Å²) in [4.78, 5) is 24.4. The number of carbonyl (C=O) groups excluding carboxylic acids is 2. The van der Waals surface area contributed by atoms with Crippen LogP contribution in [0.25, 0.3) is 10.8 Å². The number of rotatable bonds is 12. The standard InChI is InChI=1S/C28H32N2O5/c1-20(21-15-17-24(34-2)18-16-21)29-28(32)23(10-4-3-5-14-27(31)30-33)19-35-26-13-8-11-22-9-6-7-12-25(22)26/h6-13,15-18,20,33H,3-5,14,19H2,1-2H3,(H,29,32)(H,30,31)/b23-10+. The molecule has 3 N–H and O–H groups in total. The molecular weight excluding hydrogens is 444 g/mol. The highest BCUT2D eigenvalue weighted by Crippen LogP contribution is 2.26. The highest BCUT2D eigenvalue weighted by molar-refractivity contribution is 5.94. The first-order valence-electron chi connectivity index (χ1n) is 11.7. The quantitative estimate of drug-likeness (QED) is 0.146. The molecule has 0 heterocycles. The summed E-state index contributed by atoms with van der Waals surface area (Å²) < 4.78 is 11.3. The van der Waals surface area contributed by atoms with Gasteiger partial charge in [0.25, 0.3) is 5.91 Å². The second kappa shape index (κ2) is 13.2. The molecule has 35 heavy (non-hydrogen) atoms. The molecule has 0 aliphatic heterocycles. The van der Waals surface area contributed by atoms with E-state index in [2.05, 4.69) is 5.32 Å². The van der Waals surface area contributed by atoms with Gasteiger partial charge in [-0.05, 0) is 55.3 Å².